The maximum atomic E-state index is 10.4. The fourth-order valence-corrected chi connectivity index (χ4v) is 0.907. The normalized spacial score (nSPS) is 9.62. The lowest BCUT2D eigenvalue weighted by Gasteiger charge is -2.05. The van der Waals surface area contributed by atoms with Gasteiger partial charge in [-0.2, -0.15) is 0 Å². The number of hydrogen-bond donors (Lipinski definition) is 0. The molecule has 0 saturated carbocycles. The average Bonchev–Trinajstić information content (AvgIpc) is 2.15. The molecule has 0 atom stereocenters. The first-order valence-corrected chi connectivity index (χ1v) is 4.18. The Balaban J connectivity index is 2.64. The topological polar surface area (TPSA) is 49.4 Å². The number of carboxylic acids is 1. The summed E-state index contributed by atoms with van der Waals surface area (Å²) >= 11 is 0. The van der Waals surface area contributed by atoms with Crippen molar-refractivity contribution in [2.24, 2.45) is 0 Å². The van der Waals surface area contributed by atoms with Gasteiger partial charge in [0.1, 0.15) is 5.75 Å². The van der Waals surface area contributed by atoms with Crippen LogP contribution in [-0.4, -0.2) is 12.6 Å². The molecule has 0 aliphatic heterocycles. The number of carbonyl (C=O) groups excluding carboxylic acids is 1. The van der Waals surface area contributed by atoms with Crippen LogP contribution in [0, 0.1) is 0 Å². The molecule has 0 amide bonds. The standard InChI is InChI=1S/C10H12O3/c1-2-7-13-9-5-3-8(4-6-9)10(11)12/h3-6H,2,7H2,1H3,(H,11,12)/p-1. The predicted octanol–water partition coefficient (Wildman–Crippen LogP) is 0.839. The number of benzene rings is 1. The zero-order valence-electron chi connectivity index (χ0n) is 7.45. The van der Waals surface area contributed by atoms with Crippen LogP contribution >= 0.6 is 0 Å². The molecule has 13 heavy (non-hydrogen) atoms. The van der Waals surface area contributed by atoms with E-state index in [4.69, 9.17) is 4.74 Å². The van der Waals surface area contributed by atoms with E-state index < -0.39 is 5.97 Å². The van der Waals surface area contributed by atoms with E-state index in [1.165, 1.54) is 12.1 Å². The zero-order valence-corrected chi connectivity index (χ0v) is 7.45. The molecule has 0 N–H and O–H groups in total. The van der Waals surface area contributed by atoms with Crippen molar-refractivity contribution in [2.45, 2.75) is 13.3 Å². The Bertz CT molecular complexity index is 277. The van der Waals surface area contributed by atoms with E-state index in [2.05, 4.69) is 0 Å². The molecule has 0 bridgehead atoms. The second-order valence-corrected chi connectivity index (χ2v) is 2.66. The van der Waals surface area contributed by atoms with Gasteiger partial charge in [-0.1, -0.05) is 6.92 Å². The molecule has 0 unspecified atom stereocenters. The van der Waals surface area contributed by atoms with Crippen LogP contribution in [-0.2, 0) is 0 Å². The second kappa shape index (κ2) is 4.50. The molecule has 1 aromatic rings. The lowest BCUT2D eigenvalue weighted by atomic mass is 10.2. The van der Waals surface area contributed by atoms with Crippen molar-refractivity contribution >= 4 is 5.97 Å². The highest BCUT2D eigenvalue weighted by Gasteiger charge is 1.94. The van der Waals surface area contributed by atoms with Gasteiger partial charge in [-0.25, -0.2) is 0 Å². The number of carbonyl (C=O) groups is 1. The third kappa shape index (κ3) is 2.78. The molecule has 0 heterocycles. The average molecular weight is 179 g/mol. The summed E-state index contributed by atoms with van der Waals surface area (Å²) in [4.78, 5) is 10.4. The van der Waals surface area contributed by atoms with E-state index in [9.17, 15) is 9.90 Å². The van der Waals surface area contributed by atoms with Gasteiger partial charge in [0.05, 0.1) is 12.6 Å². The van der Waals surface area contributed by atoms with Crippen molar-refractivity contribution in [3.8, 4) is 5.75 Å². The summed E-state index contributed by atoms with van der Waals surface area (Å²) in [6, 6.07) is 6.20. The van der Waals surface area contributed by atoms with Gasteiger partial charge in [0, 0.05) is 0 Å². The summed E-state index contributed by atoms with van der Waals surface area (Å²) in [5.41, 5.74) is 0.170. The van der Waals surface area contributed by atoms with Crippen molar-refractivity contribution in [3.05, 3.63) is 29.8 Å². The molecular weight excluding hydrogens is 168 g/mol. The monoisotopic (exact) mass is 179 g/mol. The fourth-order valence-electron chi connectivity index (χ4n) is 0.907. The van der Waals surface area contributed by atoms with Crippen molar-refractivity contribution in [1.29, 1.82) is 0 Å². The van der Waals surface area contributed by atoms with Gasteiger partial charge in [-0.3, -0.25) is 0 Å². The Morgan fingerprint density at radius 2 is 2.00 bits per heavy atom. The lowest BCUT2D eigenvalue weighted by Crippen LogP contribution is -2.21. The smallest absolute Gasteiger partial charge is 0.119 e. The van der Waals surface area contributed by atoms with Crippen molar-refractivity contribution in [3.63, 3.8) is 0 Å². The van der Waals surface area contributed by atoms with Gasteiger partial charge >= 0.3 is 0 Å². The molecule has 3 nitrogen and oxygen atoms in total. The van der Waals surface area contributed by atoms with Crippen LogP contribution in [0.25, 0.3) is 0 Å². The van der Waals surface area contributed by atoms with Crippen LogP contribution in [0.2, 0.25) is 0 Å². The number of hydrogen-bond acceptors (Lipinski definition) is 3. The first-order chi connectivity index (χ1) is 6.24. The molecule has 0 aliphatic rings. The Morgan fingerprint density at radius 3 is 2.46 bits per heavy atom. The lowest BCUT2D eigenvalue weighted by molar-refractivity contribution is -0.255. The minimum atomic E-state index is -1.16. The highest BCUT2D eigenvalue weighted by Crippen LogP contribution is 2.11. The van der Waals surface area contributed by atoms with E-state index in [1.54, 1.807) is 12.1 Å². The van der Waals surface area contributed by atoms with Crippen molar-refractivity contribution in [1.82, 2.24) is 0 Å². The Labute approximate surface area is 77.0 Å². The van der Waals surface area contributed by atoms with E-state index in [0.717, 1.165) is 6.42 Å². The first-order valence-electron chi connectivity index (χ1n) is 4.18. The molecule has 0 saturated heterocycles. The van der Waals surface area contributed by atoms with E-state index in [1.807, 2.05) is 6.92 Å². The maximum absolute atomic E-state index is 10.4. The number of aromatic carboxylic acids is 1. The molecule has 0 fully saturated rings. The van der Waals surface area contributed by atoms with E-state index >= 15 is 0 Å². The minimum Gasteiger partial charge on any atom is -0.545 e. The van der Waals surface area contributed by atoms with Gasteiger partial charge in [-0.05, 0) is 36.2 Å². The summed E-state index contributed by atoms with van der Waals surface area (Å²) < 4.78 is 5.28. The minimum absolute atomic E-state index is 0.170. The third-order valence-electron chi connectivity index (χ3n) is 1.56. The van der Waals surface area contributed by atoms with Crippen LogP contribution in [0.5, 0.6) is 5.75 Å². The Kier molecular flexibility index (Phi) is 3.31. The summed E-state index contributed by atoms with van der Waals surface area (Å²) in [5.74, 6) is -0.478. The largest absolute Gasteiger partial charge is 0.545 e. The molecule has 1 rings (SSSR count). The van der Waals surface area contributed by atoms with E-state index in [0.29, 0.717) is 12.4 Å². The molecule has 0 aliphatic carbocycles. The van der Waals surface area contributed by atoms with Crippen LogP contribution in [0.15, 0.2) is 24.3 Å². The fraction of sp³-hybridized carbons (Fsp3) is 0.300. The summed E-state index contributed by atoms with van der Waals surface area (Å²) in [6.45, 7) is 2.65. The predicted molar refractivity (Wildman–Crippen MR) is 46.6 cm³/mol. The third-order valence-corrected chi connectivity index (χ3v) is 1.56. The van der Waals surface area contributed by atoms with Gasteiger partial charge in [-0.15, -0.1) is 0 Å². The van der Waals surface area contributed by atoms with Crippen LogP contribution in [0.1, 0.15) is 23.7 Å². The van der Waals surface area contributed by atoms with Gasteiger partial charge < -0.3 is 14.6 Å². The van der Waals surface area contributed by atoms with Gasteiger partial charge in [0.15, 0.2) is 0 Å². The number of carboxylic acid groups (broad SMARTS) is 1. The number of rotatable bonds is 4. The Morgan fingerprint density at radius 1 is 1.38 bits per heavy atom. The van der Waals surface area contributed by atoms with Crippen LogP contribution in [0.3, 0.4) is 0 Å². The van der Waals surface area contributed by atoms with Crippen LogP contribution < -0.4 is 9.84 Å². The highest BCUT2D eigenvalue weighted by molar-refractivity contribution is 5.85. The van der Waals surface area contributed by atoms with Crippen molar-refractivity contribution < 1.29 is 14.6 Å². The molecular formula is C10H11O3-. The highest BCUT2D eigenvalue weighted by atomic mass is 16.5. The van der Waals surface area contributed by atoms with Gasteiger partial charge in [0.2, 0.25) is 0 Å². The molecule has 0 radical (unpaired) electrons. The SMILES string of the molecule is CCCOc1ccc(C(=O)[O-])cc1. The summed E-state index contributed by atoms with van der Waals surface area (Å²) in [5, 5.41) is 10.4. The molecule has 0 spiro atoms. The maximum Gasteiger partial charge on any atom is 0.119 e. The molecule has 3 heteroatoms. The number of ether oxygens (including phenoxy) is 1. The first kappa shape index (κ1) is 9.58. The summed E-state index contributed by atoms with van der Waals surface area (Å²) in [6.07, 6.45) is 0.933. The quantitative estimate of drug-likeness (QED) is 0.688. The molecule has 1 aromatic carbocycles. The second-order valence-electron chi connectivity index (χ2n) is 2.66. The molecule has 0 aromatic heterocycles. The zero-order chi connectivity index (χ0) is 9.68. The Hall–Kier alpha value is -1.51. The van der Waals surface area contributed by atoms with Crippen LogP contribution in [0.4, 0.5) is 0 Å². The summed E-state index contributed by atoms with van der Waals surface area (Å²) in [7, 11) is 0. The van der Waals surface area contributed by atoms with E-state index in [-0.39, 0.29) is 5.56 Å². The molecule has 70 valence electrons. The van der Waals surface area contributed by atoms with Gasteiger partial charge in [0.25, 0.3) is 0 Å². The van der Waals surface area contributed by atoms with Crippen molar-refractivity contribution in [2.75, 3.05) is 6.61 Å².